The molecule has 5 nitrogen and oxygen atoms in total. The van der Waals surface area contributed by atoms with E-state index < -0.39 is 11.0 Å². The first-order chi connectivity index (χ1) is 14.6. The third-order valence-corrected chi connectivity index (χ3v) is 7.15. The SMILES string of the molecule is CC#N.COc1ccc2cc(-c3ccc(N4CCCS4=O)cc3)n(CC3CC3)c2c1. The summed E-state index contributed by atoms with van der Waals surface area (Å²) in [7, 11) is 0.851. The van der Waals surface area contributed by atoms with Gasteiger partial charge in [0.2, 0.25) is 0 Å². The summed E-state index contributed by atoms with van der Waals surface area (Å²) in [6.07, 6.45) is 3.65. The molecule has 1 saturated carbocycles. The van der Waals surface area contributed by atoms with Gasteiger partial charge in [-0.2, -0.15) is 5.26 Å². The molecule has 1 unspecified atom stereocenters. The Morgan fingerprint density at radius 1 is 1.17 bits per heavy atom. The van der Waals surface area contributed by atoms with E-state index in [1.807, 2.05) is 10.4 Å². The van der Waals surface area contributed by atoms with Crippen LogP contribution < -0.4 is 9.04 Å². The lowest BCUT2D eigenvalue weighted by Crippen LogP contribution is -2.19. The molecule has 156 valence electrons. The van der Waals surface area contributed by atoms with Crippen LogP contribution in [0.5, 0.6) is 5.75 Å². The van der Waals surface area contributed by atoms with E-state index in [1.165, 1.54) is 41.9 Å². The van der Waals surface area contributed by atoms with Gasteiger partial charge in [0.25, 0.3) is 0 Å². The largest absolute Gasteiger partial charge is 0.497 e. The average Bonchev–Trinajstić information content (AvgIpc) is 3.37. The predicted octanol–water partition coefficient (Wildman–Crippen LogP) is 5.13. The highest BCUT2D eigenvalue weighted by Gasteiger charge is 2.25. The molecule has 1 aromatic heterocycles. The van der Waals surface area contributed by atoms with Crippen molar-refractivity contribution >= 4 is 27.6 Å². The van der Waals surface area contributed by atoms with Gasteiger partial charge in [0.1, 0.15) is 16.7 Å². The second kappa shape index (κ2) is 8.93. The Kier molecular flexibility index (Phi) is 6.10. The lowest BCUT2D eigenvalue weighted by atomic mass is 10.1. The molecule has 0 spiro atoms. The summed E-state index contributed by atoms with van der Waals surface area (Å²) < 4.78 is 22.0. The van der Waals surface area contributed by atoms with E-state index in [9.17, 15) is 4.21 Å². The fraction of sp³-hybridized carbons (Fsp3) is 0.375. The van der Waals surface area contributed by atoms with Crippen molar-refractivity contribution in [2.24, 2.45) is 5.92 Å². The Balaban J connectivity index is 0.000000687. The van der Waals surface area contributed by atoms with Gasteiger partial charge in [0.15, 0.2) is 0 Å². The first kappa shape index (κ1) is 20.5. The molecule has 0 amide bonds. The van der Waals surface area contributed by atoms with Crippen LogP contribution >= 0.6 is 0 Å². The van der Waals surface area contributed by atoms with Crippen LogP contribution in [0, 0.1) is 17.2 Å². The number of aromatic nitrogens is 1. The van der Waals surface area contributed by atoms with E-state index >= 15 is 0 Å². The molecule has 6 heteroatoms. The quantitative estimate of drug-likeness (QED) is 0.574. The number of nitriles is 1. The van der Waals surface area contributed by atoms with Gasteiger partial charge in [-0.1, -0.05) is 12.1 Å². The highest BCUT2D eigenvalue weighted by molar-refractivity contribution is 7.86. The predicted molar refractivity (Wildman–Crippen MR) is 123 cm³/mol. The second-order valence-corrected chi connectivity index (χ2v) is 9.25. The number of fused-ring (bicyclic) bond motifs is 1. The van der Waals surface area contributed by atoms with Crippen molar-refractivity contribution < 1.29 is 8.95 Å². The van der Waals surface area contributed by atoms with Crippen molar-refractivity contribution in [3.8, 4) is 23.1 Å². The average molecular weight is 422 g/mol. The number of nitrogens with zero attached hydrogens (tertiary/aromatic N) is 3. The molecule has 2 heterocycles. The molecule has 3 aromatic rings. The van der Waals surface area contributed by atoms with Gasteiger partial charge in [-0.05, 0) is 61.1 Å². The van der Waals surface area contributed by atoms with E-state index in [4.69, 9.17) is 10.00 Å². The maximum atomic E-state index is 12.1. The van der Waals surface area contributed by atoms with Crippen LogP contribution in [-0.4, -0.2) is 28.2 Å². The van der Waals surface area contributed by atoms with Crippen LogP contribution in [0.15, 0.2) is 48.5 Å². The molecule has 0 N–H and O–H groups in total. The standard InChI is InChI=1S/C22H24N2O2S.C2H3N/c1-26-20-10-7-18-13-21(23(22(18)14-20)15-16-3-4-16)17-5-8-19(9-6-17)24-11-2-12-27(24)25;1-2-3/h5-10,13-14,16H,2-4,11-12,15H2,1H3;1H3. The fourth-order valence-corrected chi connectivity index (χ4v) is 5.23. The first-order valence-corrected chi connectivity index (χ1v) is 11.7. The highest BCUT2D eigenvalue weighted by Crippen LogP contribution is 2.37. The van der Waals surface area contributed by atoms with Gasteiger partial charge in [-0.3, -0.25) is 4.31 Å². The molecule has 2 fully saturated rings. The smallest absolute Gasteiger partial charge is 0.120 e. The Labute approximate surface area is 180 Å². The van der Waals surface area contributed by atoms with Crippen molar-refractivity contribution in [1.82, 2.24) is 4.57 Å². The van der Waals surface area contributed by atoms with Crippen molar-refractivity contribution in [2.75, 3.05) is 23.7 Å². The molecule has 2 aliphatic rings. The van der Waals surface area contributed by atoms with E-state index in [1.54, 1.807) is 13.2 Å². The van der Waals surface area contributed by atoms with Crippen molar-refractivity contribution in [2.45, 2.75) is 32.7 Å². The third kappa shape index (κ3) is 4.22. The Bertz CT molecular complexity index is 1090. The topological polar surface area (TPSA) is 58.3 Å². The maximum Gasteiger partial charge on any atom is 0.120 e. The number of hydrogen-bond donors (Lipinski definition) is 0. The molecule has 5 rings (SSSR count). The van der Waals surface area contributed by atoms with E-state index in [0.29, 0.717) is 0 Å². The van der Waals surface area contributed by atoms with Crippen molar-refractivity contribution in [3.05, 3.63) is 48.5 Å². The molecule has 2 aromatic carbocycles. The number of ether oxygens (including phenoxy) is 1. The summed E-state index contributed by atoms with van der Waals surface area (Å²) in [6.45, 7) is 3.37. The van der Waals surface area contributed by atoms with Gasteiger partial charge >= 0.3 is 0 Å². The van der Waals surface area contributed by atoms with Gasteiger partial charge in [0, 0.05) is 48.6 Å². The molecule has 0 radical (unpaired) electrons. The highest BCUT2D eigenvalue weighted by atomic mass is 32.2. The molecule has 30 heavy (non-hydrogen) atoms. The zero-order valence-corrected chi connectivity index (χ0v) is 18.3. The molecule has 1 atom stereocenters. The van der Waals surface area contributed by atoms with Crippen LogP contribution in [0.3, 0.4) is 0 Å². The number of hydrogen-bond acceptors (Lipinski definition) is 3. The number of methoxy groups -OCH3 is 1. The van der Waals surface area contributed by atoms with E-state index in [0.717, 1.165) is 42.6 Å². The lowest BCUT2D eigenvalue weighted by Gasteiger charge is -2.17. The van der Waals surface area contributed by atoms with Crippen LogP contribution in [0.2, 0.25) is 0 Å². The van der Waals surface area contributed by atoms with Gasteiger partial charge in [0.05, 0.1) is 18.7 Å². The van der Waals surface area contributed by atoms with Crippen LogP contribution in [0.1, 0.15) is 26.2 Å². The van der Waals surface area contributed by atoms with E-state index in [2.05, 4.69) is 47.0 Å². The first-order valence-electron chi connectivity index (χ1n) is 10.4. The normalized spacial score (nSPS) is 18.0. The van der Waals surface area contributed by atoms with Gasteiger partial charge in [-0.15, -0.1) is 0 Å². The molecule has 1 aliphatic carbocycles. The van der Waals surface area contributed by atoms with Crippen molar-refractivity contribution in [3.63, 3.8) is 0 Å². The lowest BCUT2D eigenvalue weighted by molar-refractivity contribution is 0.415. The van der Waals surface area contributed by atoms with Crippen LogP contribution in [-0.2, 0) is 17.5 Å². The monoisotopic (exact) mass is 421 g/mol. The number of benzene rings is 2. The summed E-state index contributed by atoms with van der Waals surface area (Å²) in [5.74, 6) is 2.46. The molecule has 1 aliphatic heterocycles. The van der Waals surface area contributed by atoms with Gasteiger partial charge < -0.3 is 9.30 Å². The molecular formula is C24H27N3O2S. The Morgan fingerprint density at radius 3 is 2.50 bits per heavy atom. The minimum absolute atomic E-state index is 0.777. The van der Waals surface area contributed by atoms with Crippen molar-refractivity contribution in [1.29, 1.82) is 5.26 Å². The minimum Gasteiger partial charge on any atom is -0.497 e. The summed E-state index contributed by atoms with van der Waals surface area (Å²) >= 11 is 0. The molecule has 1 saturated heterocycles. The summed E-state index contributed by atoms with van der Waals surface area (Å²) in [6, 6.07) is 18.9. The Hall–Kier alpha value is -2.78. The van der Waals surface area contributed by atoms with Crippen LogP contribution in [0.25, 0.3) is 22.2 Å². The summed E-state index contributed by atoms with van der Waals surface area (Å²) in [5.41, 5.74) is 4.75. The number of anilines is 1. The summed E-state index contributed by atoms with van der Waals surface area (Å²) in [5, 5.41) is 8.57. The molecular weight excluding hydrogens is 394 g/mol. The van der Waals surface area contributed by atoms with Crippen LogP contribution in [0.4, 0.5) is 5.69 Å². The Morgan fingerprint density at radius 2 is 1.90 bits per heavy atom. The van der Waals surface area contributed by atoms with E-state index in [-0.39, 0.29) is 0 Å². The molecule has 0 bridgehead atoms. The van der Waals surface area contributed by atoms with Gasteiger partial charge in [-0.25, -0.2) is 4.21 Å². The third-order valence-electron chi connectivity index (χ3n) is 5.63. The minimum atomic E-state index is -0.869. The number of rotatable bonds is 5. The zero-order valence-electron chi connectivity index (χ0n) is 17.5. The maximum absolute atomic E-state index is 12.1. The zero-order chi connectivity index (χ0) is 21.1. The fourth-order valence-electron chi connectivity index (χ4n) is 3.94. The summed E-state index contributed by atoms with van der Waals surface area (Å²) in [4.78, 5) is 0. The second-order valence-electron chi connectivity index (χ2n) is 7.76.